The van der Waals surface area contributed by atoms with E-state index in [4.69, 9.17) is 9.47 Å². The lowest BCUT2D eigenvalue weighted by molar-refractivity contribution is -0.384. The van der Waals surface area contributed by atoms with Crippen LogP contribution in [0.4, 0.5) is 5.69 Å². The molecule has 4 N–H and O–H groups in total. The van der Waals surface area contributed by atoms with Crippen LogP contribution in [-0.2, 0) is 4.74 Å². The van der Waals surface area contributed by atoms with Gasteiger partial charge in [0.2, 0.25) is 6.29 Å². The molecule has 5 atom stereocenters. The van der Waals surface area contributed by atoms with E-state index in [0.717, 1.165) is 16.6 Å². The molecular formula is C20H20N2O8. The molecule has 10 nitrogen and oxygen atoms in total. The lowest BCUT2D eigenvalue weighted by atomic mass is 9.99. The highest BCUT2D eigenvalue weighted by atomic mass is 16.7. The Bertz CT molecular complexity index is 1050. The summed E-state index contributed by atoms with van der Waals surface area (Å²) in [6, 6.07) is 13.2. The minimum Gasteiger partial charge on any atom is -0.462 e. The molecule has 1 aliphatic rings. The molecule has 2 heterocycles. The van der Waals surface area contributed by atoms with E-state index in [2.05, 4.69) is 0 Å². The maximum Gasteiger partial charge on any atom is 0.270 e. The number of ether oxygens (including phenoxy) is 2. The molecule has 158 valence electrons. The second-order valence-electron chi connectivity index (χ2n) is 6.99. The van der Waals surface area contributed by atoms with Crippen molar-refractivity contribution in [2.75, 3.05) is 6.61 Å². The Morgan fingerprint density at radius 3 is 2.43 bits per heavy atom. The van der Waals surface area contributed by atoms with Crippen molar-refractivity contribution in [1.82, 2.24) is 4.57 Å². The second kappa shape index (κ2) is 8.01. The topological polar surface area (TPSA) is 147 Å². The van der Waals surface area contributed by atoms with Gasteiger partial charge < -0.3 is 34.5 Å². The molecule has 0 aliphatic carbocycles. The van der Waals surface area contributed by atoms with E-state index in [1.807, 2.05) is 4.57 Å². The summed E-state index contributed by atoms with van der Waals surface area (Å²) in [7, 11) is 0. The normalized spacial score (nSPS) is 26.6. The molecule has 1 fully saturated rings. The summed E-state index contributed by atoms with van der Waals surface area (Å²) in [6.45, 7) is -0.539. The molecule has 30 heavy (non-hydrogen) atoms. The van der Waals surface area contributed by atoms with Gasteiger partial charge in [-0.15, -0.1) is 0 Å². The molecule has 4 rings (SSSR count). The number of nitrogens with zero attached hydrogens (tertiary/aromatic N) is 2. The summed E-state index contributed by atoms with van der Waals surface area (Å²) in [5, 5.41) is 50.7. The molecule has 3 aromatic rings. The smallest absolute Gasteiger partial charge is 0.270 e. The van der Waals surface area contributed by atoms with Gasteiger partial charge in [0, 0.05) is 29.4 Å². The summed E-state index contributed by atoms with van der Waals surface area (Å²) in [4.78, 5) is 10.5. The maximum atomic E-state index is 10.9. The summed E-state index contributed by atoms with van der Waals surface area (Å²) >= 11 is 0. The number of nitro groups is 1. The van der Waals surface area contributed by atoms with E-state index < -0.39 is 42.2 Å². The molecule has 0 unspecified atom stereocenters. The Hall–Kier alpha value is -3.02. The lowest BCUT2D eigenvalue weighted by Crippen LogP contribution is -2.60. The number of rotatable bonds is 5. The number of aliphatic hydroxyl groups is 4. The second-order valence-corrected chi connectivity index (χ2v) is 6.99. The van der Waals surface area contributed by atoms with Crippen molar-refractivity contribution < 1.29 is 34.8 Å². The molecular weight excluding hydrogens is 396 g/mol. The van der Waals surface area contributed by atoms with Crippen molar-refractivity contribution in [2.24, 2.45) is 0 Å². The predicted octanol–water partition coefficient (Wildman–Crippen LogP) is 0.717. The average molecular weight is 416 g/mol. The standard InChI is InChI=1S/C20H20N2O8/c23-10-16-17(24)18(25)19(26)20(30-16)29-14-4-1-12(2-5-14)21-8-7-11-9-13(22(27)28)3-6-15(11)21/h1-9,16-20,23-26H,10H2/t16-,17-,18+,19+,20+/m1/s1. The van der Waals surface area contributed by atoms with Gasteiger partial charge >= 0.3 is 0 Å². The van der Waals surface area contributed by atoms with Crippen LogP contribution in [0.25, 0.3) is 16.6 Å². The van der Waals surface area contributed by atoms with Gasteiger partial charge in [0.1, 0.15) is 30.2 Å². The number of hydrogen-bond donors (Lipinski definition) is 4. The summed E-state index contributed by atoms with van der Waals surface area (Å²) in [5.74, 6) is 0.343. The van der Waals surface area contributed by atoms with Gasteiger partial charge in [0.15, 0.2) is 0 Å². The summed E-state index contributed by atoms with van der Waals surface area (Å²) in [5.41, 5.74) is 1.59. The Balaban J connectivity index is 1.53. The largest absolute Gasteiger partial charge is 0.462 e. The number of benzene rings is 2. The molecule has 1 aliphatic heterocycles. The Morgan fingerprint density at radius 2 is 1.77 bits per heavy atom. The minimum absolute atomic E-state index is 0.0172. The summed E-state index contributed by atoms with van der Waals surface area (Å²) in [6.07, 6.45) is -4.99. The highest BCUT2D eigenvalue weighted by molar-refractivity contribution is 5.84. The fourth-order valence-electron chi connectivity index (χ4n) is 3.45. The third-order valence-electron chi connectivity index (χ3n) is 5.10. The van der Waals surface area contributed by atoms with Crippen molar-refractivity contribution in [3.8, 4) is 11.4 Å². The molecule has 1 aromatic heterocycles. The zero-order chi connectivity index (χ0) is 21.4. The first-order valence-corrected chi connectivity index (χ1v) is 9.22. The molecule has 1 saturated heterocycles. The molecule has 2 aromatic carbocycles. The van der Waals surface area contributed by atoms with Crippen LogP contribution >= 0.6 is 0 Å². The van der Waals surface area contributed by atoms with Gasteiger partial charge in [-0.05, 0) is 36.4 Å². The van der Waals surface area contributed by atoms with Crippen LogP contribution in [-0.4, -0.2) is 67.2 Å². The predicted molar refractivity (Wildman–Crippen MR) is 104 cm³/mol. The van der Waals surface area contributed by atoms with E-state index in [9.17, 15) is 30.5 Å². The number of hydrogen-bond acceptors (Lipinski definition) is 8. The number of aliphatic hydroxyl groups excluding tert-OH is 4. The van der Waals surface area contributed by atoms with E-state index in [1.165, 1.54) is 12.1 Å². The SMILES string of the molecule is O=[N+]([O-])c1ccc2c(ccn2-c2ccc(O[C@H]3O[C@H](CO)[C@@H](O)[C@H](O)[C@@H]3O)cc2)c1. The lowest BCUT2D eigenvalue weighted by Gasteiger charge is -2.39. The van der Waals surface area contributed by atoms with Crippen LogP contribution in [0.1, 0.15) is 0 Å². The van der Waals surface area contributed by atoms with E-state index in [-0.39, 0.29) is 5.69 Å². The van der Waals surface area contributed by atoms with Gasteiger partial charge in [0.25, 0.3) is 5.69 Å². The fourth-order valence-corrected chi connectivity index (χ4v) is 3.45. The van der Waals surface area contributed by atoms with Crippen molar-refractivity contribution in [1.29, 1.82) is 0 Å². The highest BCUT2D eigenvalue weighted by Crippen LogP contribution is 2.27. The highest BCUT2D eigenvalue weighted by Gasteiger charge is 2.44. The number of nitro benzene ring substituents is 1. The van der Waals surface area contributed by atoms with Crippen molar-refractivity contribution >= 4 is 16.6 Å². The minimum atomic E-state index is -1.52. The van der Waals surface area contributed by atoms with E-state index >= 15 is 0 Å². The Kier molecular flexibility index (Phi) is 5.41. The fraction of sp³-hybridized carbons (Fsp3) is 0.300. The molecule has 0 saturated carbocycles. The quantitative estimate of drug-likeness (QED) is 0.351. The van der Waals surface area contributed by atoms with Crippen LogP contribution in [0.3, 0.4) is 0 Å². The first-order chi connectivity index (χ1) is 14.4. The van der Waals surface area contributed by atoms with Gasteiger partial charge in [-0.2, -0.15) is 0 Å². The Morgan fingerprint density at radius 1 is 1.03 bits per heavy atom. The molecule has 0 spiro atoms. The third kappa shape index (κ3) is 3.62. The molecule has 0 bridgehead atoms. The van der Waals surface area contributed by atoms with Gasteiger partial charge in [-0.1, -0.05) is 0 Å². The molecule has 10 heteroatoms. The van der Waals surface area contributed by atoms with E-state index in [0.29, 0.717) is 5.75 Å². The average Bonchev–Trinajstić information content (AvgIpc) is 3.18. The summed E-state index contributed by atoms with van der Waals surface area (Å²) < 4.78 is 12.8. The van der Waals surface area contributed by atoms with Crippen molar-refractivity contribution in [2.45, 2.75) is 30.7 Å². The van der Waals surface area contributed by atoms with Crippen molar-refractivity contribution in [3.05, 3.63) is 64.8 Å². The molecule has 0 radical (unpaired) electrons. The zero-order valence-electron chi connectivity index (χ0n) is 15.6. The Labute approximate surface area is 170 Å². The third-order valence-corrected chi connectivity index (χ3v) is 5.10. The van der Waals surface area contributed by atoms with E-state index in [1.54, 1.807) is 42.6 Å². The van der Waals surface area contributed by atoms with Gasteiger partial charge in [0.05, 0.1) is 17.0 Å². The first kappa shape index (κ1) is 20.3. The number of non-ortho nitro benzene ring substituents is 1. The zero-order valence-corrected chi connectivity index (χ0v) is 15.6. The van der Waals surface area contributed by atoms with Gasteiger partial charge in [-0.3, -0.25) is 10.1 Å². The van der Waals surface area contributed by atoms with Crippen LogP contribution < -0.4 is 4.74 Å². The van der Waals surface area contributed by atoms with Crippen molar-refractivity contribution in [3.63, 3.8) is 0 Å². The van der Waals surface area contributed by atoms with Crippen LogP contribution in [0.5, 0.6) is 5.75 Å². The first-order valence-electron chi connectivity index (χ1n) is 9.22. The monoisotopic (exact) mass is 416 g/mol. The number of fused-ring (bicyclic) bond motifs is 1. The maximum absolute atomic E-state index is 10.9. The van der Waals surface area contributed by atoms with Crippen LogP contribution in [0.2, 0.25) is 0 Å². The van der Waals surface area contributed by atoms with Gasteiger partial charge in [-0.25, -0.2) is 0 Å². The van der Waals surface area contributed by atoms with Crippen LogP contribution in [0, 0.1) is 10.1 Å². The molecule has 0 amide bonds. The van der Waals surface area contributed by atoms with Crippen LogP contribution in [0.15, 0.2) is 54.7 Å². The number of aromatic nitrogens is 1.